The zero-order chi connectivity index (χ0) is 15.9. The number of benzene rings is 1. The lowest BCUT2D eigenvalue weighted by Crippen LogP contribution is -2.39. The average Bonchev–Trinajstić information content (AvgIpc) is 2.36. The van der Waals surface area contributed by atoms with E-state index in [0.29, 0.717) is 19.7 Å². The third-order valence-corrected chi connectivity index (χ3v) is 2.97. The first-order valence-corrected chi connectivity index (χ1v) is 7.34. The number of nitrogens with zero attached hydrogens (tertiary/aromatic N) is 1. The predicted molar refractivity (Wildman–Crippen MR) is 84.6 cm³/mol. The van der Waals surface area contributed by atoms with Crippen LogP contribution in [0.5, 0.6) is 0 Å². The van der Waals surface area contributed by atoms with E-state index >= 15 is 0 Å². The number of rotatable bonds is 6. The van der Waals surface area contributed by atoms with Crippen LogP contribution in [0.15, 0.2) is 24.3 Å². The number of hydrogen-bond donors (Lipinski definition) is 0. The Labute approximate surface area is 128 Å². The van der Waals surface area contributed by atoms with Gasteiger partial charge in [-0.1, -0.05) is 29.8 Å². The monoisotopic (exact) mass is 293 g/mol. The van der Waals surface area contributed by atoms with Crippen LogP contribution in [0.1, 0.15) is 31.9 Å². The molecule has 0 unspecified atom stereocenters. The van der Waals surface area contributed by atoms with Crippen LogP contribution < -0.4 is 0 Å². The van der Waals surface area contributed by atoms with Gasteiger partial charge in [0.1, 0.15) is 5.60 Å². The zero-order valence-electron chi connectivity index (χ0n) is 13.8. The summed E-state index contributed by atoms with van der Waals surface area (Å²) in [6, 6.07) is 8.33. The second-order valence-corrected chi connectivity index (χ2v) is 6.20. The normalized spacial score (nSPS) is 11.3. The Hall–Kier alpha value is -1.55. The minimum Gasteiger partial charge on any atom is -0.444 e. The molecule has 4 heteroatoms. The Balaban J connectivity index is 2.63. The molecular formula is C17H27NO3. The van der Waals surface area contributed by atoms with Crippen LogP contribution in [0.4, 0.5) is 4.79 Å². The van der Waals surface area contributed by atoms with Crippen LogP contribution >= 0.6 is 0 Å². The molecule has 0 saturated carbocycles. The molecular weight excluding hydrogens is 266 g/mol. The van der Waals surface area contributed by atoms with Gasteiger partial charge in [0.25, 0.3) is 0 Å². The summed E-state index contributed by atoms with van der Waals surface area (Å²) in [5.41, 5.74) is 1.97. The smallest absolute Gasteiger partial charge is 0.410 e. The van der Waals surface area contributed by atoms with Gasteiger partial charge in [0, 0.05) is 20.2 Å². The van der Waals surface area contributed by atoms with Gasteiger partial charge < -0.3 is 14.4 Å². The molecule has 0 spiro atoms. The Morgan fingerprint density at radius 2 is 1.95 bits per heavy atom. The molecule has 0 aliphatic heterocycles. The molecule has 0 fully saturated rings. The maximum atomic E-state index is 12.2. The standard InChI is InChI=1S/C17H27NO3/c1-14-7-6-8-15(13-14)9-10-18(11-12-20-5)16(19)21-17(2,3)4/h6-8,13H,9-12H2,1-5H3. The number of carbonyl (C=O) groups excluding carboxylic acids is 1. The van der Waals surface area contributed by atoms with Crippen molar-refractivity contribution < 1.29 is 14.3 Å². The molecule has 4 nitrogen and oxygen atoms in total. The number of aryl methyl sites for hydroxylation is 1. The summed E-state index contributed by atoms with van der Waals surface area (Å²) >= 11 is 0. The van der Waals surface area contributed by atoms with E-state index in [4.69, 9.17) is 9.47 Å². The fourth-order valence-corrected chi connectivity index (χ4v) is 1.95. The number of methoxy groups -OCH3 is 1. The highest BCUT2D eigenvalue weighted by Gasteiger charge is 2.21. The van der Waals surface area contributed by atoms with Crippen molar-refractivity contribution in [1.29, 1.82) is 0 Å². The first-order valence-electron chi connectivity index (χ1n) is 7.34. The lowest BCUT2D eigenvalue weighted by Gasteiger charge is -2.27. The van der Waals surface area contributed by atoms with Gasteiger partial charge >= 0.3 is 6.09 Å². The molecule has 0 aliphatic carbocycles. The first kappa shape index (κ1) is 17.5. The summed E-state index contributed by atoms with van der Waals surface area (Å²) in [6.07, 6.45) is 0.525. The highest BCUT2D eigenvalue weighted by Crippen LogP contribution is 2.11. The molecule has 118 valence electrons. The summed E-state index contributed by atoms with van der Waals surface area (Å²) in [4.78, 5) is 13.9. The van der Waals surface area contributed by atoms with E-state index in [1.807, 2.05) is 26.8 Å². The van der Waals surface area contributed by atoms with Crippen molar-refractivity contribution in [3.8, 4) is 0 Å². The number of hydrogen-bond acceptors (Lipinski definition) is 3. The van der Waals surface area contributed by atoms with E-state index in [2.05, 4.69) is 25.1 Å². The molecule has 0 bridgehead atoms. The van der Waals surface area contributed by atoms with E-state index in [9.17, 15) is 4.79 Å². The summed E-state index contributed by atoms with van der Waals surface area (Å²) in [7, 11) is 1.63. The molecule has 1 amide bonds. The van der Waals surface area contributed by atoms with Crippen molar-refractivity contribution >= 4 is 6.09 Å². The molecule has 0 radical (unpaired) electrons. The fraction of sp³-hybridized carbons (Fsp3) is 0.588. The molecule has 0 heterocycles. The highest BCUT2D eigenvalue weighted by molar-refractivity contribution is 5.68. The van der Waals surface area contributed by atoms with Crippen LogP contribution in [0.2, 0.25) is 0 Å². The average molecular weight is 293 g/mol. The van der Waals surface area contributed by atoms with Crippen LogP contribution in [0.25, 0.3) is 0 Å². The minimum absolute atomic E-state index is 0.285. The van der Waals surface area contributed by atoms with Crippen LogP contribution in [-0.2, 0) is 15.9 Å². The maximum Gasteiger partial charge on any atom is 0.410 e. The lowest BCUT2D eigenvalue weighted by atomic mass is 10.1. The van der Waals surface area contributed by atoms with Crippen LogP contribution in [-0.4, -0.2) is 43.4 Å². The van der Waals surface area contributed by atoms with E-state index < -0.39 is 5.60 Å². The number of carbonyl (C=O) groups is 1. The third kappa shape index (κ3) is 7.14. The van der Waals surface area contributed by atoms with Gasteiger partial charge in [0.15, 0.2) is 0 Å². The van der Waals surface area contributed by atoms with E-state index in [1.165, 1.54) is 11.1 Å². The highest BCUT2D eigenvalue weighted by atomic mass is 16.6. The number of ether oxygens (including phenoxy) is 2. The molecule has 0 atom stereocenters. The molecule has 1 aromatic carbocycles. The van der Waals surface area contributed by atoms with Crippen molar-refractivity contribution in [1.82, 2.24) is 4.90 Å². The zero-order valence-corrected chi connectivity index (χ0v) is 13.8. The second-order valence-electron chi connectivity index (χ2n) is 6.20. The summed E-state index contributed by atoms with van der Waals surface area (Å²) in [5.74, 6) is 0. The molecule has 21 heavy (non-hydrogen) atoms. The van der Waals surface area contributed by atoms with E-state index in [0.717, 1.165) is 6.42 Å². The fourth-order valence-electron chi connectivity index (χ4n) is 1.95. The van der Waals surface area contributed by atoms with Gasteiger partial charge in [-0.3, -0.25) is 0 Å². The van der Waals surface area contributed by atoms with Crippen molar-refractivity contribution in [2.75, 3.05) is 26.8 Å². The Morgan fingerprint density at radius 3 is 2.52 bits per heavy atom. The largest absolute Gasteiger partial charge is 0.444 e. The summed E-state index contributed by atoms with van der Waals surface area (Å²) < 4.78 is 10.5. The number of amides is 1. The first-order chi connectivity index (χ1) is 9.81. The molecule has 1 aromatic rings. The second kappa shape index (κ2) is 8.03. The van der Waals surface area contributed by atoms with Gasteiger partial charge in [-0.2, -0.15) is 0 Å². The minimum atomic E-state index is -0.480. The molecule has 0 saturated heterocycles. The Kier molecular flexibility index (Phi) is 6.69. The topological polar surface area (TPSA) is 38.8 Å². The Morgan fingerprint density at radius 1 is 1.24 bits per heavy atom. The maximum absolute atomic E-state index is 12.2. The third-order valence-electron chi connectivity index (χ3n) is 2.97. The predicted octanol–water partition coefficient (Wildman–Crippen LogP) is 3.42. The summed E-state index contributed by atoms with van der Waals surface area (Å²) in [6.45, 7) is 9.37. The molecule has 0 N–H and O–H groups in total. The molecule has 0 aromatic heterocycles. The van der Waals surface area contributed by atoms with Gasteiger partial charge in [0.2, 0.25) is 0 Å². The van der Waals surface area contributed by atoms with E-state index in [1.54, 1.807) is 12.0 Å². The van der Waals surface area contributed by atoms with Crippen molar-refractivity contribution in [2.45, 2.75) is 39.7 Å². The van der Waals surface area contributed by atoms with Crippen LogP contribution in [0, 0.1) is 6.92 Å². The Bertz CT molecular complexity index is 452. The van der Waals surface area contributed by atoms with Crippen LogP contribution in [0.3, 0.4) is 0 Å². The quantitative estimate of drug-likeness (QED) is 0.806. The lowest BCUT2D eigenvalue weighted by molar-refractivity contribution is 0.0204. The summed E-state index contributed by atoms with van der Waals surface area (Å²) in [5, 5.41) is 0. The van der Waals surface area contributed by atoms with Gasteiger partial charge in [-0.05, 0) is 39.7 Å². The van der Waals surface area contributed by atoms with Gasteiger partial charge in [-0.25, -0.2) is 4.79 Å². The van der Waals surface area contributed by atoms with Crippen molar-refractivity contribution in [3.05, 3.63) is 35.4 Å². The van der Waals surface area contributed by atoms with Crippen molar-refractivity contribution in [3.63, 3.8) is 0 Å². The van der Waals surface area contributed by atoms with Gasteiger partial charge in [0.05, 0.1) is 6.61 Å². The van der Waals surface area contributed by atoms with E-state index in [-0.39, 0.29) is 6.09 Å². The molecule has 1 rings (SSSR count). The SMILES string of the molecule is COCCN(CCc1cccc(C)c1)C(=O)OC(C)(C)C. The van der Waals surface area contributed by atoms with Crippen molar-refractivity contribution in [2.24, 2.45) is 0 Å². The molecule has 0 aliphatic rings. The van der Waals surface area contributed by atoms with Gasteiger partial charge in [-0.15, -0.1) is 0 Å².